The van der Waals surface area contributed by atoms with E-state index in [1.807, 2.05) is 12.1 Å². The minimum absolute atomic E-state index is 0.0264. The molecule has 206 valence electrons. The first kappa shape index (κ1) is 25.7. The maximum atomic E-state index is 13.1. The van der Waals surface area contributed by atoms with E-state index < -0.39 is 12.3 Å². The molecule has 3 fully saturated rings. The van der Waals surface area contributed by atoms with Crippen molar-refractivity contribution >= 4 is 11.8 Å². The summed E-state index contributed by atoms with van der Waals surface area (Å²) in [6.07, 6.45) is 2.22. The number of aromatic nitrogens is 2. The molecule has 2 unspecified atom stereocenters. The minimum atomic E-state index is -4.82. The van der Waals surface area contributed by atoms with E-state index in [2.05, 4.69) is 19.8 Å². The van der Waals surface area contributed by atoms with Gasteiger partial charge in [-0.25, -0.2) is 4.98 Å². The smallest absolute Gasteiger partial charge is 0.481 e. The van der Waals surface area contributed by atoms with Gasteiger partial charge in [0, 0.05) is 35.3 Å². The summed E-state index contributed by atoms with van der Waals surface area (Å²) in [5, 5.41) is 13.2. The van der Waals surface area contributed by atoms with Crippen LogP contribution in [-0.4, -0.2) is 45.8 Å². The van der Waals surface area contributed by atoms with Gasteiger partial charge in [0.2, 0.25) is 0 Å². The van der Waals surface area contributed by atoms with Crippen molar-refractivity contribution in [3.8, 4) is 17.0 Å². The zero-order valence-electron chi connectivity index (χ0n) is 21.1. The van der Waals surface area contributed by atoms with Gasteiger partial charge in [-0.1, -0.05) is 23.4 Å². The van der Waals surface area contributed by atoms with Crippen molar-refractivity contribution in [1.82, 2.24) is 10.1 Å². The molecule has 3 aliphatic rings. The maximum Gasteiger partial charge on any atom is 0.573 e. The van der Waals surface area contributed by atoms with Crippen LogP contribution in [0.4, 0.5) is 19.0 Å². The van der Waals surface area contributed by atoms with Gasteiger partial charge in [0.05, 0.1) is 19.1 Å². The predicted octanol–water partition coefficient (Wildman–Crippen LogP) is 5.86. The molecule has 11 heteroatoms. The summed E-state index contributed by atoms with van der Waals surface area (Å²) in [4.78, 5) is 17.8. The van der Waals surface area contributed by atoms with E-state index in [4.69, 9.17) is 14.4 Å². The summed E-state index contributed by atoms with van der Waals surface area (Å²) in [6.45, 7) is 0.192. The van der Waals surface area contributed by atoms with Gasteiger partial charge in [-0.15, -0.1) is 13.2 Å². The molecule has 2 aliphatic heterocycles. The Morgan fingerprint density at radius 2 is 1.82 bits per heavy atom. The number of nitrogens with zero attached hydrogens (tertiary/aromatic N) is 3. The number of carboxylic acids is 1. The van der Waals surface area contributed by atoms with Crippen LogP contribution < -0.4 is 9.64 Å². The Morgan fingerprint density at radius 1 is 1.08 bits per heavy atom. The Bertz CT molecular complexity index is 1320. The van der Waals surface area contributed by atoms with Gasteiger partial charge in [-0.05, 0) is 62.3 Å². The second-order valence-corrected chi connectivity index (χ2v) is 10.5. The molecule has 0 spiro atoms. The highest BCUT2D eigenvalue weighted by atomic mass is 19.4. The fourth-order valence-corrected chi connectivity index (χ4v) is 5.90. The molecule has 6 rings (SSSR count). The van der Waals surface area contributed by atoms with E-state index in [-0.39, 0.29) is 48.4 Å². The van der Waals surface area contributed by atoms with Crippen LogP contribution in [0.15, 0.2) is 47.1 Å². The molecule has 1 aliphatic carbocycles. The third-order valence-electron chi connectivity index (χ3n) is 7.72. The number of benzene rings is 1. The van der Waals surface area contributed by atoms with Crippen molar-refractivity contribution in [2.45, 2.75) is 82.0 Å². The number of hydrogen-bond acceptors (Lipinski definition) is 7. The lowest BCUT2D eigenvalue weighted by Gasteiger charge is -2.39. The molecule has 1 N–H and O–H groups in total. The van der Waals surface area contributed by atoms with Crippen molar-refractivity contribution in [3.63, 3.8) is 0 Å². The van der Waals surface area contributed by atoms with Crippen molar-refractivity contribution in [1.29, 1.82) is 0 Å². The number of piperidine rings is 1. The van der Waals surface area contributed by atoms with E-state index >= 15 is 0 Å². The van der Waals surface area contributed by atoms with Crippen LogP contribution in [0, 0.1) is 0 Å². The monoisotopic (exact) mass is 543 g/mol. The average molecular weight is 544 g/mol. The minimum Gasteiger partial charge on any atom is -0.481 e. The summed E-state index contributed by atoms with van der Waals surface area (Å²) in [6, 6.07) is 10.1. The lowest BCUT2D eigenvalue weighted by Crippen LogP contribution is -2.46. The Labute approximate surface area is 222 Å². The first-order valence-corrected chi connectivity index (χ1v) is 13.2. The lowest BCUT2D eigenvalue weighted by molar-refractivity contribution is -0.274. The summed E-state index contributed by atoms with van der Waals surface area (Å²) in [5.41, 5.74) is 1.88. The van der Waals surface area contributed by atoms with Crippen LogP contribution in [0.5, 0.6) is 5.75 Å². The quantitative estimate of drug-likeness (QED) is 0.359. The standard InChI is InChI=1S/C28H28F3N3O5/c29-28(30,31)38-23-4-2-1-3-21(23)26-22(27(39-33-26)17-6-7-17)15-37-20-12-18-8-9-19(13-20)34(18)24-10-5-16(14-32-24)11-25(35)36/h1-5,10,14,17-20H,6-9,11-13,15H2,(H,35,36). The molecule has 3 aromatic rings. The van der Waals surface area contributed by atoms with E-state index in [1.54, 1.807) is 18.3 Å². The van der Waals surface area contributed by atoms with E-state index in [1.165, 1.54) is 12.1 Å². The van der Waals surface area contributed by atoms with Crippen LogP contribution in [0.1, 0.15) is 61.3 Å². The molecular formula is C28H28F3N3O5. The number of ether oxygens (including phenoxy) is 2. The highest BCUT2D eigenvalue weighted by Gasteiger charge is 2.42. The summed E-state index contributed by atoms with van der Waals surface area (Å²) >= 11 is 0. The highest BCUT2D eigenvalue weighted by Crippen LogP contribution is 2.46. The van der Waals surface area contributed by atoms with Gasteiger partial charge in [0.25, 0.3) is 0 Å². The fraction of sp³-hybridized carbons (Fsp3) is 0.464. The molecule has 2 saturated heterocycles. The summed E-state index contributed by atoms with van der Waals surface area (Å²) in [5.74, 6) is 0.509. The number of rotatable bonds is 9. The van der Waals surface area contributed by atoms with Crippen LogP contribution >= 0.6 is 0 Å². The first-order valence-electron chi connectivity index (χ1n) is 13.2. The number of carboxylic acid groups (broad SMARTS) is 1. The first-order chi connectivity index (χ1) is 18.7. The van der Waals surface area contributed by atoms with E-state index in [0.717, 1.165) is 44.3 Å². The zero-order valence-corrected chi connectivity index (χ0v) is 21.1. The van der Waals surface area contributed by atoms with Crippen molar-refractivity contribution in [2.75, 3.05) is 4.90 Å². The normalized spacial score (nSPS) is 22.7. The van der Waals surface area contributed by atoms with Crippen molar-refractivity contribution in [2.24, 2.45) is 0 Å². The highest BCUT2D eigenvalue weighted by molar-refractivity contribution is 5.71. The third-order valence-corrected chi connectivity index (χ3v) is 7.72. The van der Waals surface area contributed by atoms with E-state index in [0.29, 0.717) is 22.6 Å². The number of para-hydroxylation sites is 1. The summed E-state index contributed by atoms with van der Waals surface area (Å²) in [7, 11) is 0. The average Bonchev–Trinajstić information content (AvgIpc) is 3.59. The maximum absolute atomic E-state index is 13.1. The molecule has 1 aromatic carbocycles. The second kappa shape index (κ2) is 10.2. The molecule has 0 amide bonds. The molecule has 4 heterocycles. The Balaban J connectivity index is 1.17. The summed E-state index contributed by atoms with van der Waals surface area (Å²) < 4.78 is 55.5. The number of anilines is 1. The number of halogens is 3. The SMILES string of the molecule is O=C(O)Cc1ccc(N2C3CCC2CC(OCc2c(-c4ccccc4OC(F)(F)F)noc2C2CC2)C3)nc1. The van der Waals surface area contributed by atoms with E-state index in [9.17, 15) is 18.0 Å². The third kappa shape index (κ3) is 5.59. The van der Waals surface area contributed by atoms with Crippen LogP contribution in [-0.2, 0) is 22.6 Å². The van der Waals surface area contributed by atoms with Crippen molar-refractivity contribution < 1.29 is 37.1 Å². The van der Waals surface area contributed by atoms with Crippen LogP contribution in [0.2, 0.25) is 0 Å². The Hall–Kier alpha value is -3.60. The van der Waals surface area contributed by atoms with Gasteiger partial charge in [0.1, 0.15) is 23.0 Å². The van der Waals surface area contributed by atoms with Gasteiger partial charge >= 0.3 is 12.3 Å². The molecule has 1 saturated carbocycles. The molecule has 0 radical (unpaired) electrons. The molecule has 8 nitrogen and oxygen atoms in total. The fourth-order valence-electron chi connectivity index (χ4n) is 5.90. The van der Waals surface area contributed by atoms with Gasteiger partial charge in [0.15, 0.2) is 0 Å². The van der Waals surface area contributed by atoms with Crippen molar-refractivity contribution in [3.05, 3.63) is 59.5 Å². The molecular weight excluding hydrogens is 515 g/mol. The number of alkyl halides is 3. The van der Waals surface area contributed by atoms with Crippen LogP contribution in [0.25, 0.3) is 11.3 Å². The zero-order chi connectivity index (χ0) is 27.1. The topological polar surface area (TPSA) is 97.9 Å². The van der Waals surface area contributed by atoms with Crippen LogP contribution in [0.3, 0.4) is 0 Å². The van der Waals surface area contributed by atoms with Gasteiger partial charge < -0.3 is 24.0 Å². The van der Waals surface area contributed by atoms with Gasteiger partial charge in [-0.2, -0.15) is 0 Å². The van der Waals surface area contributed by atoms with Gasteiger partial charge in [-0.3, -0.25) is 4.79 Å². The predicted molar refractivity (Wildman–Crippen MR) is 133 cm³/mol. The molecule has 2 bridgehead atoms. The lowest BCUT2D eigenvalue weighted by atomic mass is 9.99. The number of fused-ring (bicyclic) bond motifs is 2. The number of pyridine rings is 1. The number of carbonyl (C=O) groups is 1. The molecule has 39 heavy (non-hydrogen) atoms. The molecule has 2 atom stereocenters. The molecule has 2 aromatic heterocycles. The Kier molecular flexibility index (Phi) is 6.70. The number of hydrogen-bond donors (Lipinski definition) is 1. The number of aliphatic carboxylic acids is 1. The second-order valence-electron chi connectivity index (χ2n) is 10.5. The Morgan fingerprint density at radius 3 is 2.46 bits per heavy atom. The largest absolute Gasteiger partial charge is 0.573 e.